The smallest absolute Gasteiger partial charge is 0.416 e. The van der Waals surface area contributed by atoms with Crippen LogP contribution >= 0.6 is 0 Å². The van der Waals surface area contributed by atoms with Gasteiger partial charge in [0, 0.05) is 55.9 Å². The second-order valence-electron chi connectivity index (χ2n) is 12.3. The zero-order valence-electron chi connectivity index (χ0n) is 27.2. The fraction of sp³-hybridized carbons (Fsp3) is 0.531. The van der Waals surface area contributed by atoms with Crippen LogP contribution in [0.15, 0.2) is 43.0 Å². The Labute approximate surface area is 274 Å². The van der Waals surface area contributed by atoms with Gasteiger partial charge in [-0.05, 0) is 63.8 Å². The highest BCUT2D eigenvalue weighted by Gasteiger charge is 2.41. The number of benzene rings is 1. The van der Waals surface area contributed by atoms with Crippen LogP contribution in [0.2, 0.25) is 0 Å². The first-order valence-electron chi connectivity index (χ1n) is 15.4. The lowest BCUT2D eigenvalue weighted by molar-refractivity contribution is -0.154. The lowest BCUT2D eigenvalue weighted by Gasteiger charge is -2.30. The number of likely N-dealkylation sites (tertiary alicyclic amines) is 1. The van der Waals surface area contributed by atoms with Crippen molar-refractivity contribution < 1.29 is 45.4 Å². The molecule has 3 heterocycles. The Balaban J connectivity index is 1.63. The van der Waals surface area contributed by atoms with Gasteiger partial charge in [-0.2, -0.15) is 31.4 Å². The number of carbonyl (C=O) groups excluding carboxylic acids is 2. The summed E-state index contributed by atoms with van der Waals surface area (Å²) < 4.78 is 94.4. The highest BCUT2D eigenvalue weighted by Crippen LogP contribution is 2.37. The van der Waals surface area contributed by atoms with E-state index in [4.69, 9.17) is 9.47 Å². The molecule has 0 radical (unpaired) electrons. The summed E-state index contributed by atoms with van der Waals surface area (Å²) in [5, 5.41) is 4.11. The van der Waals surface area contributed by atoms with Crippen molar-refractivity contribution in [2.75, 3.05) is 24.7 Å². The third-order valence-corrected chi connectivity index (χ3v) is 8.25. The van der Waals surface area contributed by atoms with Crippen LogP contribution in [0.3, 0.4) is 0 Å². The number of aromatic nitrogens is 4. The Morgan fingerprint density at radius 1 is 0.938 bits per heavy atom. The van der Waals surface area contributed by atoms with Crippen molar-refractivity contribution in [3.63, 3.8) is 0 Å². The van der Waals surface area contributed by atoms with Gasteiger partial charge in [-0.3, -0.25) is 9.48 Å². The van der Waals surface area contributed by atoms with Gasteiger partial charge in [-0.25, -0.2) is 14.8 Å². The van der Waals surface area contributed by atoms with Crippen LogP contribution in [0.4, 0.5) is 37.1 Å². The van der Waals surface area contributed by atoms with Crippen molar-refractivity contribution in [1.82, 2.24) is 24.6 Å². The minimum absolute atomic E-state index is 0.0391. The maximum absolute atomic E-state index is 13.7. The summed E-state index contributed by atoms with van der Waals surface area (Å²) in [5.74, 6) is -0.373. The molecule has 2 aromatic heterocycles. The highest BCUT2D eigenvalue weighted by molar-refractivity contribution is 5.76. The second-order valence-corrected chi connectivity index (χ2v) is 12.3. The minimum Gasteiger partial charge on any atom is -0.466 e. The third-order valence-electron chi connectivity index (χ3n) is 8.25. The largest absolute Gasteiger partial charge is 0.466 e. The SMILES string of the molecule is CCOC(=O)C(C)(C)CCOC(=O)N1C[C@@H](N(Cc2cc(C(F)(F)F)cc(C(F)(F)F)c2)c2ncc(-c3cnn(C)c3)cn2)C[C@H]1CC. The van der Waals surface area contributed by atoms with Gasteiger partial charge in [0.15, 0.2) is 0 Å². The van der Waals surface area contributed by atoms with E-state index in [9.17, 15) is 35.9 Å². The molecule has 1 fully saturated rings. The Kier molecular flexibility index (Phi) is 10.9. The molecule has 48 heavy (non-hydrogen) atoms. The van der Waals surface area contributed by atoms with E-state index in [-0.39, 0.29) is 49.8 Å². The molecular formula is C32H38F6N6O4. The zero-order chi connectivity index (χ0) is 35.4. The van der Waals surface area contributed by atoms with Crippen molar-refractivity contribution >= 4 is 18.0 Å². The van der Waals surface area contributed by atoms with Crippen molar-refractivity contribution in [3.05, 3.63) is 59.7 Å². The topological polar surface area (TPSA) is 103 Å². The molecule has 2 atom stereocenters. The van der Waals surface area contributed by atoms with Crippen LogP contribution in [0.5, 0.6) is 0 Å². The lowest BCUT2D eigenvalue weighted by atomic mass is 9.90. The fourth-order valence-corrected chi connectivity index (χ4v) is 5.49. The van der Waals surface area contributed by atoms with E-state index in [2.05, 4.69) is 15.1 Å². The molecule has 0 bridgehead atoms. The van der Waals surface area contributed by atoms with E-state index in [0.717, 1.165) is 0 Å². The van der Waals surface area contributed by atoms with E-state index in [1.54, 1.807) is 44.9 Å². The first kappa shape index (κ1) is 36.5. The standard InChI is InChI=1S/C32H38F6N6O4/c1-6-25-13-26(19-44(25)29(46)48-9-8-30(3,4)27(45)47-7-2)43(28-39-14-21(15-40-28)22-16-41-42(5)18-22)17-20-10-23(31(33,34)35)12-24(11-20)32(36,37)38/h10-12,14-16,18,25-26H,6-9,13,17,19H2,1-5H3/t25-,26+/m1/s1. The van der Waals surface area contributed by atoms with Gasteiger partial charge in [-0.1, -0.05) is 6.92 Å². The van der Waals surface area contributed by atoms with Gasteiger partial charge in [0.1, 0.15) is 0 Å². The molecule has 0 unspecified atom stereocenters. The number of amides is 1. The van der Waals surface area contributed by atoms with Crippen LogP contribution < -0.4 is 4.90 Å². The number of aryl methyl sites for hydroxylation is 1. The molecule has 1 aliphatic heterocycles. The third kappa shape index (κ3) is 8.75. The van der Waals surface area contributed by atoms with E-state index < -0.39 is 53.5 Å². The summed E-state index contributed by atoms with van der Waals surface area (Å²) in [6, 6.07) is 0.485. The molecule has 10 nitrogen and oxygen atoms in total. The number of ether oxygens (including phenoxy) is 2. The number of esters is 1. The maximum atomic E-state index is 13.7. The first-order valence-corrected chi connectivity index (χ1v) is 15.4. The zero-order valence-corrected chi connectivity index (χ0v) is 27.2. The summed E-state index contributed by atoms with van der Waals surface area (Å²) in [6.07, 6.45) is -3.38. The Hall–Kier alpha value is -4.37. The molecule has 4 rings (SSSR count). The Morgan fingerprint density at radius 3 is 2.08 bits per heavy atom. The van der Waals surface area contributed by atoms with Crippen LogP contribution in [0.25, 0.3) is 11.1 Å². The molecule has 16 heteroatoms. The van der Waals surface area contributed by atoms with E-state index >= 15 is 0 Å². The van der Waals surface area contributed by atoms with Crippen LogP contribution in [-0.2, 0) is 40.2 Å². The molecule has 3 aromatic rings. The first-order chi connectivity index (χ1) is 22.4. The van der Waals surface area contributed by atoms with Gasteiger partial charge in [0.25, 0.3) is 0 Å². The number of carbonyl (C=O) groups is 2. The van der Waals surface area contributed by atoms with Crippen LogP contribution in [0.1, 0.15) is 63.6 Å². The number of nitrogens with zero attached hydrogens (tertiary/aromatic N) is 6. The molecule has 262 valence electrons. The molecule has 1 aromatic carbocycles. The average molecular weight is 685 g/mol. The highest BCUT2D eigenvalue weighted by atomic mass is 19.4. The van der Waals surface area contributed by atoms with Gasteiger partial charge in [0.05, 0.1) is 42.0 Å². The number of halogens is 6. The van der Waals surface area contributed by atoms with Crippen molar-refractivity contribution in [2.24, 2.45) is 12.5 Å². The maximum Gasteiger partial charge on any atom is 0.416 e. The summed E-state index contributed by atoms with van der Waals surface area (Å²) in [5.41, 5.74) is -2.73. The normalized spacial score (nSPS) is 17.0. The van der Waals surface area contributed by atoms with Gasteiger partial charge >= 0.3 is 24.4 Å². The summed E-state index contributed by atoms with van der Waals surface area (Å²) in [7, 11) is 1.73. The molecule has 0 spiro atoms. The molecule has 1 aliphatic rings. The van der Waals surface area contributed by atoms with Gasteiger partial charge < -0.3 is 19.3 Å². The number of alkyl halides is 6. The van der Waals surface area contributed by atoms with E-state index in [0.29, 0.717) is 36.1 Å². The summed E-state index contributed by atoms with van der Waals surface area (Å²) in [6.45, 7) is 6.66. The molecule has 1 amide bonds. The second kappa shape index (κ2) is 14.4. The number of rotatable bonds is 11. The van der Waals surface area contributed by atoms with Crippen molar-refractivity contribution in [2.45, 2.75) is 77.9 Å². The fourth-order valence-electron chi connectivity index (χ4n) is 5.49. The van der Waals surface area contributed by atoms with Crippen molar-refractivity contribution in [1.29, 1.82) is 0 Å². The van der Waals surface area contributed by atoms with E-state index in [1.165, 1.54) is 22.2 Å². The van der Waals surface area contributed by atoms with Gasteiger partial charge in [-0.15, -0.1) is 0 Å². The number of hydrogen-bond donors (Lipinski definition) is 0. The molecule has 0 saturated carbocycles. The monoisotopic (exact) mass is 684 g/mol. The number of hydrogen-bond acceptors (Lipinski definition) is 8. The Morgan fingerprint density at radius 2 is 1.56 bits per heavy atom. The van der Waals surface area contributed by atoms with Crippen LogP contribution in [0, 0.1) is 5.41 Å². The molecule has 0 aliphatic carbocycles. The molecule has 0 N–H and O–H groups in total. The quantitative estimate of drug-likeness (QED) is 0.159. The van der Waals surface area contributed by atoms with E-state index in [1.807, 2.05) is 6.92 Å². The Bertz CT molecular complexity index is 1540. The number of anilines is 1. The van der Waals surface area contributed by atoms with Crippen LogP contribution in [-0.4, -0.2) is 68.6 Å². The van der Waals surface area contributed by atoms with Gasteiger partial charge in [0.2, 0.25) is 5.95 Å². The van der Waals surface area contributed by atoms with Crippen molar-refractivity contribution in [3.8, 4) is 11.1 Å². The summed E-state index contributed by atoms with van der Waals surface area (Å²) in [4.78, 5) is 37.3. The molecular weight excluding hydrogens is 646 g/mol. The lowest BCUT2D eigenvalue weighted by Crippen LogP contribution is -2.41. The summed E-state index contributed by atoms with van der Waals surface area (Å²) >= 11 is 0. The predicted molar refractivity (Wildman–Crippen MR) is 162 cm³/mol. The predicted octanol–water partition coefficient (Wildman–Crippen LogP) is 6.89. The average Bonchev–Trinajstić information content (AvgIpc) is 3.65. The minimum atomic E-state index is -5.02. The molecule has 1 saturated heterocycles.